The van der Waals surface area contributed by atoms with E-state index in [-0.39, 0.29) is 43.8 Å². The van der Waals surface area contributed by atoms with Gasteiger partial charge in [-0.05, 0) is 36.4 Å². The Morgan fingerprint density at radius 3 is 2.30 bits per heavy atom. The number of aliphatic hydroxyl groups excluding tert-OH is 2. The van der Waals surface area contributed by atoms with E-state index in [0.29, 0.717) is 10.9 Å². The molecule has 0 aliphatic heterocycles. The highest BCUT2D eigenvalue weighted by atomic mass is 32.2. The van der Waals surface area contributed by atoms with Crippen LogP contribution in [0.1, 0.15) is 0 Å². The number of aromatic nitrogens is 3. The lowest BCUT2D eigenvalue weighted by Crippen LogP contribution is -2.37. The van der Waals surface area contributed by atoms with Crippen molar-refractivity contribution in [1.82, 2.24) is 19.4 Å². The Bertz CT molecular complexity index is 974. The lowest BCUT2D eigenvalue weighted by atomic mass is 10.1. The second-order valence-corrected chi connectivity index (χ2v) is 7.45. The van der Waals surface area contributed by atoms with Crippen molar-refractivity contribution in [2.45, 2.75) is 5.16 Å². The molecular formula is C21H23FN4O3S. The maximum Gasteiger partial charge on any atom is 0.233 e. The van der Waals surface area contributed by atoms with Gasteiger partial charge in [-0.25, -0.2) is 9.37 Å². The van der Waals surface area contributed by atoms with Crippen LogP contribution in [0.3, 0.4) is 0 Å². The zero-order valence-electron chi connectivity index (χ0n) is 16.5. The SMILES string of the molecule is Cn1c(SCC(=O)N(CCO)CCO)nc(-c2ccc(F)cc2)c1-c1ccncc1. The number of halogens is 1. The molecule has 3 rings (SSSR count). The summed E-state index contributed by atoms with van der Waals surface area (Å²) in [6.45, 7) is 0.00661. The highest BCUT2D eigenvalue weighted by Gasteiger charge is 2.20. The van der Waals surface area contributed by atoms with Crippen molar-refractivity contribution in [2.24, 2.45) is 7.05 Å². The fraction of sp³-hybridized carbons (Fsp3) is 0.286. The van der Waals surface area contributed by atoms with E-state index in [1.807, 2.05) is 23.7 Å². The number of benzene rings is 1. The molecule has 3 aromatic rings. The summed E-state index contributed by atoms with van der Waals surface area (Å²) in [5.41, 5.74) is 3.18. The van der Waals surface area contributed by atoms with Gasteiger partial charge in [-0.15, -0.1) is 0 Å². The van der Waals surface area contributed by atoms with Crippen molar-refractivity contribution < 1.29 is 19.4 Å². The fourth-order valence-corrected chi connectivity index (χ4v) is 3.95. The summed E-state index contributed by atoms with van der Waals surface area (Å²) in [6, 6.07) is 9.86. The third-order valence-electron chi connectivity index (χ3n) is 4.54. The van der Waals surface area contributed by atoms with Gasteiger partial charge in [-0.3, -0.25) is 9.78 Å². The summed E-state index contributed by atoms with van der Waals surface area (Å²) >= 11 is 1.27. The summed E-state index contributed by atoms with van der Waals surface area (Å²) in [6.07, 6.45) is 3.38. The molecule has 2 aromatic heterocycles. The molecule has 0 spiro atoms. The average Bonchev–Trinajstić information content (AvgIpc) is 3.09. The lowest BCUT2D eigenvalue weighted by molar-refractivity contribution is -0.129. The number of aliphatic hydroxyl groups is 2. The monoisotopic (exact) mass is 430 g/mol. The van der Waals surface area contributed by atoms with E-state index >= 15 is 0 Å². The summed E-state index contributed by atoms with van der Waals surface area (Å²) in [7, 11) is 1.86. The smallest absolute Gasteiger partial charge is 0.233 e. The van der Waals surface area contributed by atoms with Crippen LogP contribution in [0, 0.1) is 5.82 Å². The predicted molar refractivity (Wildman–Crippen MR) is 113 cm³/mol. The first-order chi connectivity index (χ1) is 14.5. The van der Waals surface area contributed by atoms with Gasteiger partial charge in [0.2, 0.25) is 5.91 Å². The summed E-state index contributed by atoms with van der Waals surface area (Å²) in [5, 5.41) is 18.9. The number of carbonyl (C=O) groups excluding carboxylic acids is 1. The van der Waals surface area contributed by atoms with Crippen molar-refractivity contribution in [3.63, 3.8) is 0 Å². The van der Waals surface area contributed by atoms with Crippen molar-refractivity contribution in [2.75, 3.05) is 32.1 Å². The molecule has 30 heavy (non-hydrogen) atoms. The summed E-state index contributed by atoms with van der Waals surface area (Å²) in [5.74, 6) is -0.406. The molecule has 0 radical (unpaired) electrons. The highest BCUT2D eigenvalue weighted by Crippen LogP contribution is 2.35. The third-order valence-corrected chi connectivity index (χ3v) is 5.56. The molecule has 2 heterocycles. The molecule has 0 aliphatic carbocycles. The second kappa shape index (κ2) is 10.3. The molecule has 158 valence electrons. The molecule has 7 nitrogen and oxygen atoms in total. The molecule has 9 heteroatoms. The maximum absolute atomic E-state index is 13.4. The molecule has 0 aliphatic rings. The summed E-state index contributed by atoms with van der Waals surface area (Å²) < 4.78 is 15.3. The number of thioether (sulfide) groups is 1. The molecule has 1 amide bonds. The Kier molecular flexibility index (Phi) is 7.56. The van der Waals surface area contributed by atoms with Gasteiger partial charge in [0.1, 0.15) is 5.82 Å². The second-order valence-electron chi connectivity index (χ2n) is 6.51. The van der Waals surface area contributed by atoms with Crippen LogP contribution < -0.4 is 0 Å². The molecule has 1 aromatic carbocycles. The van der Waals surface area contributed by atoms with Gasteiger partial charge in [-0.2, -0.15) is 0 Å². The molecule has 0 saturated heterocycles. The van der Waals surface area contributed by atoms with Gasteiger partial charge in [0.05, 0.1) is 30.4 Å². The number of rotatable bonds is 9. The van der Waals surface area contributed by atoms with Crippen LogP contribution >= 0.6 is 11.8 Å². The molecule has 2 N–H and O–H groups in total. The minimum atomic E-state index is -0.326. The molecule has 0 fully saturated rings. The Morgan fingerprint density at radius 1 is 1.07 bits per heavy atom. The van der Waals surface area contributed by atoms with Crippen molar-refractivity contribution >= 4 is 17.7 Å². The van der Waals surface area contributed by atoms with Crippen molar-refractivity contribution in [1.29, 1.82) is 0 Å². The molecule has 0 saturated carbocycles. The normalized spacial score (nSPS) is 10.9. The molecule has 0 unspecified atom stereocenters. The van der Waals surface area contributed by atoms with Crippen molar-refractivity contribution in [3.8, 4) is 22.5 Å². The average molecular weight is 431 g/mol. The Balaban J connectivity index is 1.92. The standard InChI is InChI=1S/C21H23FN4O3S/c1-25-20(16-6-8-23-9-7-16)19(15-2-4-17(22)5-3-15)24-21(25)30-14-18(29)26(10-12-27)11-13-28/h2-9,27-28H,10-14H2,1H3. The maximum atomic E-state index is 13.4. The largest absolute Gasteiger partial charge is 0.395 e. The van der Waals surface area contributed by atoms with E-state index in [2.05, 4.69) is 4.98 Å². The zero-order valence-corrected chi connectivity index (χ0v) is 17.3. The quantitative estimate of drug-likeness (QED) is 0.506. The Labute approximate surface area is 178 Å². The minimum absolute atomic E-state index is 0.115. The van der Waals surface area contributed by atoms with E-state index < -0.39 is 0 Å². The van der Waals surface area contributed by atoms with E-state index in [4.69, 9.17) is 15.2 Å². The van der Waals surface area contributed by atoms with Gasteiger partial charge in [0, 0.05) is 43.7 Å². The number of pyridine rings is 1. The van der Waals surface area contributed by atoms with Crippen LogP contribution in [0.5, 0.6) is 0 Å². The number of hydrogen-bond acceptors (Lipinski definition) is 6. The predicted octanol–water partition coefficient (Wildman–Crippen LogP) is 2.19. The van der Waals surface area contributed by atoms with E-state index in [0.717, 1.165) is 16.8 Å². The van der Waals surface area contributed by atoms with Gasteiger partial charge < -0.3 is 19.7 Å². The summed E-state index contributed by atoms with van der Waals surface area (Å²) in [4.78, 5) is 22.7. The number of hydrogen-bond donors (Lipinski definition) is 2. The number of nitrogens with zero attached hydrogens (tertiary/aromatic N) is 4. The highest BCUT2D eigenvalue weighted by molar-refractivity contribution is 7.99. The molecular weight excluding hydrogens is 407 g/mol. The van der Waals surface area contributed by atoms with E-state index in [1.165, 1.54) is 28.8 Å². The van der Waals surface area contributed by atoms with Crippen molar-refractivity contribution in [3.05, 3.63) is 54.6 Å². The van der Waals surface area contributed by atoms with Crippen LogP contribution in [0.2, 0.25) is 0 Å². The van der Waals surface area contributed by atoms with Gasteiger partial charge in [0.25, 0.3) is 0 Å². The molecule has 0 atom stereocenters. The Morgan fingerprint density at radius 2 is 1.70 bits per heavy atom. The Hall–Kier alpha value is -2.75. The number of amides is 1. The first-order valence-corrected chi connectivity index (χ1v) is 10.4. The minimum Gasteiger partial charge on any atom is -0.395 e. The topological polar surface area (TPSA) is 91.5 Å². The lowest BCUT2D eigenvalue weighted by Gasteiger charge is -2.20. The fourth-order valence-electron chi connectivity index (χ4n) is 3.08. The van der Waals surface area contributed by atoms with Crippen LogP contribution in [0.25, 0.3) is 22.5 Å². The first kappa shape index (κ1) is 21.9. The zero-order chi connectivity index (χ0) is 21.5. The van der Waals surface area contributed by atoms with Crippen LogP contribution in [0.15, 0.2) is 53.9 Å². The van der Waals surface area contributed by atoms with Gasteiger partial charge in [-0.1, -0.05) is 11.8 Å². The van der Waals surface area contributed by atoms with E-state index in [1.54, 1.807) is 24.5 Å². The van der Waals surface area contributed by atoms with Crippen LogP contribution in [-0.4, -0.2) is 67.6 Å². The third kappa shape index (κ3) is 5.05. The number of carbonyl (C=O) groups is 1. The first-order valence-electron chi connectivity index (χ1n) is 9.40. The number of imidazole rings is 1. The molecule has 0 bridgehead atoms. The van der Waals surface area contributed by atoms with Gasteiger partial charge >= 0.3 is 0 Å². The van der Waals surface area contributed by atoms with Crippen LogP contribution in [-0.2, 0) is 11.8 Å². The van der Waals surface area contributed by atoms with Crippen LogP contribution in [0.4, 0.5) is 4.39 Å². The van der Waals surface area contributed by atoms with E-state index in [9.17, 15) is 9.18 Å². The van der Waals surface area contributed by atoms with Gasteiger partial charge in [0.15, 0.2) is 5.16 Å².